The van der Waals surface area contributed by atoms with Crippen LogP contribution in [0.15, 0.2) is 48.7 Å². The summed E-state index contributed by atoms with van der Waals surface area (Å²) in [6, 6.07) is 9.64. The fourth-order valence-corrected chi connectivity index (χ4v) is 2.47. The average molecular weight is 267 g/mol. The summed E-state index contributed by atoms with van der Waals surface area (Å²) < 4.78 is 5.36. The highest BCUT2D eigenvalue weighted by Gasteiger charge is 2.14. The standard InChI is InChI=1S/C17H17NO2/c19-17(20-12-13-6-2-1-3-7-13)16-10-14-8-4-5-9-15(14)11-18-16/h2,4-6,8-11,13H,1,3,7,12H2. The zero-order valence-corrected chi connectivity index (χ0v) is 11.3. The van der Waals surface area contributed by atoms with Gasteiger partial charge in [-0.2, -0.15) is 0 Å². The Morgan fingerprint density at radius 2 is 2.15 bits per heavy atom. The lowest BCUT2D eigenvalue weighted by atomic mass is 9.97. The van der Waals surface area contributed by atoms with Gasteiger partial charge in [0.05, 0.1) is 6.61 Å². The number of nitrogens with zero attached hydrogens (tertiary/aromatic N) is 1. The second-order valence-electron chi connectivity index (χ2n) is 5.13. The first-order valence-corrected chi connectivity index (χ1v) is 7.01. The maximum Gasteiger partial charge on any atom is 0.356 e. The first kappa shape index (κ1) is 12.9. The molecule has 3 heteroatoms. The summed E-state index contributed by atoms with van der Waals surface area (Å²) in [5.41, 5.74) is 0.378. The fraction of sp³-hybridized carbons (Fsp3) is 0.294. The third-order valence-corrected chi connectivity index (χ3v) is 3.62. The zero-order valence-electron chi connectivity index (χ0n) is 11.3. The second-order valence-corrected chi connectivity index (χ2v) is 5.13. The first-order chi connectivity index (χ1) is 9.83. The van der Waals surface area contributed by atoms with Crippen molar-refractivity contribution in [2.45, 2.75) is 19.3 Å². The highest BCUT2D eigenvalue weighted by atomic mass is 16.5. The summed E-state index contributed by atoms with van der Waals surface area (Å²) in [6.45, 7) is 0.448. The molecule has 1 aliphatic carbocycles. The SMILES string of the molecule is O=C(OCC1C=CCCC1)c1cc2ccccc2cn1. The molecule has 0 aliphatic heterocycles. The Morgan fingerprint density at radius 3 is 2.95 bits per heavy atom. The van der Waals surface area contributed by atoms with Crippen LogP contribution < -0.4 is 0 Å². The van der Waals surface area contributed by atoms with Gasteiger partial charge in [0.25, 0.3) is 0 Å². The van der Waals surface area contributed by atoms with Gasteiger partial charge in [0.15, 0.2) is 0 Å². The number of benzene rings is 1. The molecule has 0 amide bonds. The molecule has 0 N–H and O–H groups in total. The van der Waals surface area contributed by atoms with Crippen molar-refractivity contribution in [3.8, 4) is 0 Å². The number of carbonyl (C=O) groups is 1. The minimum absolute atomic E-state index is 0.338. The number of carbonyl (C=O) groups excluding carboxylic acids is 1. The molecule has 1 aliphatic rings. The van der Waals surface area contributed by atoms with Gasteiger partial charge in [-0.15, -0.1) is 0 Å². The molecule has 0 spiro atoms. The maximum atomic E-state index is 12.0. The Bertz CT molecular complexity index is 648. The Morgan fingerprint density at radius 1 is 1.30 bits per heavy atom. The summed E-state index contributed by atoms with van der Waals surface area (Å²) in [5.74, 6) is 0.0166. The van der Waals surface area contributed by atoms with Crippen molar-refractivity contribution in [1.82, 2.24) is 4.98 Å². The van der Waals surface area contributed by atoms with Crippen LogP contribution in [0.25, 0.3) is 10.8 Å². The normalized spacial score (nSPS) is 18.1. The quantitative estimate of drug-likeness (QED) is 0.628. The molecule has 2 aromatic rings. The van der Waals surface area contributed by atoms with E-state index in [-0.39, 0.29) is 5.97 Å². The van der Waals surface area contributed by atoms with E-state index < -0.39 is 0 Å². The molecule has 1 heterocycles. The van der Waals surface area contributed by atoms with E-state index in [0.29, 0.717) is 18.2 Å². The van der Waals surface area contributed by atoms with Crippen LogP contribution in [0, 0.1) is 5.92 Å². The molecular formula is C17H17NO2. The van der Waals surface area contributed by atoms with E-state index in [4.69, 9.17) is 4.74 Å². The van der Waals surface area contributed by atoms with Gasteiger partial charge in [-0.25, -0.2) is 9.78 Å². The molecule has 0 bridgehead atoms. The minimum Gasteiger partial charge on any atom is -0.460 e. The van der Waals surface area contributed by atoms with Gasteiger partial charge in [-0.05, 0) is 30.7 Å². The van der Waals surface area contributed by atoms with E-state index in [9.17, 15) is 4.79 Å². The molecule has 0 fully saturated rings. The topological polar surface area (TPSA) is 39.2 Å². The van der Waals surface area contributed by atoms with Gasteiger partial charge in [-0.1, -0.05) is 36.4 Å². The smallest absolute Gasteiger partial charge is 0.356 e. The number of aromatic nitrogens is 1. The predicted octanol–water partition coefficient (Wildman–Crippen LogP) is 3.75. The lowest BCUT2D eigenvalue weighted by Gasteiger charge is -2.15. The molecule has 0 radical (unpaired) electrons. The molecule has 0 saturated heterocycles. The van der Waals surface area contributed by atoms with Gasteiger partial charge in [0, 0.05) is 17.5 Å². The number of hydrogen-bond donors (Lipinski definition) is 0. The van der Waals surface area contributed by atoms with Gasteiger partial charge in [-0.3, -0.25) is 0 Å². The third-order valence-electron chi connectivity index (χ3n) is 3.62. The molecule has 0 saturated carbocycles. The number of pyridine rings is 1. The van der Waals surface area contributed by atoms with Crippen LogP contribution in [0.5, 0.6) is 0 Å². The van der Waals surface area contributed by atoms with Crippen LogP contribution in [0.3, 0.4) is 0 Å². The predicted molar refractivity (Wildman–Crippen MR) is 78.5 cm³/mol. The molecule has 1 atom stereocenters. The number of ether oxygens (including phenoxy) is 1. The molecule has 3 rings (SSSR count). The van der Waals surface area contributed by atoms with Crippen LogP contribution >= 0.6 is 0 Å². The van der Waals surface area contributed by atoms with Gasteiger partial charge in [0.2, 0.25) is 0 Å². The van der Waals surface area contributed by atoms with E-state index in [1.165, 1.54) is 6.42 Å². The zero-order chi connectivity index (χ0) is 13.8. The van der Waals surface area contributed by atoms with Crippen molar-refractivity contribution in [2.24, 2.45) is 5.92 Å². The van der Waals surface area contributed by atoms with Crippen molar-refractivity contribution < 1.29 is 9.53 Å². The number of rotatable bonds is 3. The summed E-state index contributed by atoms with van der Waals surface area (Å²) in [4.78, 5) is 16.2. The van der Waals surface area contributed by atoms with E-state index >= 15 is 0 Å². The Kier molecular flexibility index (Phi) is 3.77. The Balaban J connectivity index is 1.68. The highest BCUT2D eigenvalue weighted by Crippen LogP contribution is 2.18. The van der Waals surface area contributed by atoms with Crippen molar-refractivity contribution in [2.75, 3.05) is 6.61 Å². The van der Waals surface area contributed by atoms with Crippen LogP contribution in [0.1, 0.15) is 29.8 Å². The van der Waals surface area contributed by atoms with Crippen LogP contribution in [0.4, 0.5) is 0 Å². The maximum absolute atomic E-state index is 12.0. The fourth-order valence-electron chi connectivity index (χ4n) is 2.47. The molecule has 1 unspecified atom stereocenters. The van der Waals surface area contributed by atoms with E-state index in [0.717, 1.165) is 23.6 Å². The van der Waals surface area contributed by atoms with Crippen molar-refractivity contribution in [3.05, 3.63) is 54.4 Å². The molecule has 3 nitrogen and oxygen atoms in total. The van der Waals surface area contributed by atoms with Gasteiger partial charge < -0.3 is 4.74 Å². The van der Waals surface area contributed by atoms with Gasteiger partial charge >= 0.3 is 5.97 Å². The highest BCUT2D eigenvalue weighted by molar-refractivity contribution is 5.92. The molecular weight excluding hydrogens is 250 g/mol. The van der Waals surface area contributed by atoms with Crippen LogP contribution in [-0.2, 0) is 4.74 Å². The largest absolute Gasteiger partial charge is 0.460 e. The van der Waals surface area contributed by atoms with Crippen molar-refractivity contribution >= 4 is 16.7 Å². The van der Waals surface area contributed by atoms with E-state index in [1.807, 2.05) is 24.3 Å². The Hall–Kier alpha value is -2.16. The summed E-state index contributed by atoms with van der Waals surface area (Å²) in [6.07, 6.45) is 9.42. The molecule has 1 aromatic carbocycles. The van der Waals surface area contributed by atoms with E-state index in [2.05, 4.69) is 17.1 Å². The average Bonchev–Trinajstić information content (AvgIpc) is 2.53. The molecule has 102 valence electrons. The number of allylic oxidation sites excluding steroid dienone is 1. The third kappa shape index (κ3) is 2.87. The Labute approximate surface area is 118 Å². The summed E-state index contributed by atoms with van der Waals surface area (Å²) in [5, 5.41) is 2.03. The first-order valence-electron chi connectivity index (χ1n) is 7.01. The van der Waals surface area contributed by atoms with Crippen molar-refractivity contribution in [3.63, 3.8) is 0 Å². The number of hydrogen-bond acceptors (Lipinski definition) is 3. The van der Waals surface area contributed by atoms with Crippen LogP contribution in [-0.4, -0.2) is 17.6 Å². The molecule has 1 aromatic heterocycles. The number of esters is 1. The lowest BCUT2D eigenvalue weighted by Crippen LogP contribution is -2.15. The summed E-state index contributed by atoms with van der Waals surface area (Å²) in [7, 11) is 0. The second kappa shape index (κ2) is 5.87. The molecule has 20 heavy (non-hydrogen) atoms. The van der Waals surface area contributed by atoms with Crippen molar-refractivity contribution in [1.29, 1.82) is 0 Å². The van der Waals surface area contributed by atoms with E-state index in [1.54, 1.807) is 12.3 Å². The number of fused-ring (bicyclic) bond motifs is 1. The van der Waals surface area contributed by atoms with Crippen LogP contribution in [0.2, 0.25) is 0 Å². The lowest BCUT2D eigenvalue weighted by molar-refractivity contribution is 0.0450. The van der Waals surface area contributed by atoms with Gasteiger partial charge in [0.1, 0.15) is 5.69 Å². The monoisotopic (exact) mass is 267 g/mol. The summed E-state index contributed by atoms with van der Waals surface area (Å²) >= 11 is 0. The minimum atomic E-state index is -0.338.